The first-order chi connectivity index (χ1) is 5.84. The molecule has 1 aliphatic heterocycles. The summed E-state index contributed by atoms with van der Waals surface area (Å²) in [5.74, 6) is 0.265. The molecule has 3 nitrogen and oxygen atoms in total. The van der Waals surface area contributed by atoms with Crippen molar-refractivity contribution in [1.29, 1.82) is 0 Å². The summed E-state index contributed by atoms with van der Waals surface area (Å²) in [6.07, 6.45) is 5.19. The fourth-order valence-corrected chi connectivity index (χ4v) is 1.40. The molecule has 0 aromatic carbocycles. The van der Waals surface area contributed by atoms with Gasteiger partial charge in [0.2, 0.25) is 5.91 Å². The number of unbranched alkanes of at least 4 members (excludes halogenated alkanes) is 2. The van der Waals surface area contributed by atoms with Crippen molar-refractivity contribution in [2.45, 2.75) is 39.0 Å². The van der Waals surface area contributed by atoms with Crippen molar-refractivity contribution < 1.29 is 4.79 Å². The maximum absolute atomic E-state index is 11.4. The van der Waals surface area contributed by atoms with E-state index in [1.807, 2.05) is 0 Å². The molecule has 1 fully saturated rings. The fraction of sp³-hybridized carbons (Fsp3) is 0.889. The van der Waals surface area contributed by atoms with Gasteiger partial charge in [0.15, 0.2) is 0 Å². The molecule has 1 aliphatic rings. The standard InChI is InChI=1S/C9H18N2O/c1-2-3-4-6-9(12)11-8-5-7-10-11/h10H,2-8H2,1H3. The van der Waals surface area contributed by atoms with Crippen LogP contribution in [0.2, 0.25) is 0 Å². The van der Waals surface area contributed by atoms with Crippen LogP contribution in [0.3, 0.4) is 0 Å². The Kier molecular flexibility index (Phi) is 4.08. The van der Waals surface area contributed by atoms with Crippen molar-refractivity contribution in [3.05, 3.63) is 0 Å². The number of rotatable bonds is 4. The molecule has 0 saturated carbocycles. The second kappa shape index (κ2) is 5.14. The summed E-state index contributed by atoms with van der Waals surface area (Å²) < 4.78 is 0. The van der Waals surface area contributed by atoms with Gasteiger partial charge >= 0.3 is 0 Å². The van der Waals surface area contributed by atoms with Crippen molar-refractivity contribution >= 4 is 5.91 Å². The zero-order valence-corrected chi connectivity index (χ0v) is 7.81. The lowest BCUT2D eigenvalue weighted by Crippen LogP contribution is -2.36. The number of hydrogen-bond acceptors (Lipinski definition) is 2. The highest BCUT2D eigenvalue weighted by atomic mass is 16.2. The molecular weight excluding hydrogens is 152 g/mol. The topological polar surface area (TPSA) is 32.3 Å². The smallest absolute Gasteiger partial charge is 0.236 e. The number of hydrazine groups is 1. The maximum Gasteiger partial charge on any atom is 0.236 e. The lowest BCUT2D eigenvalue weighted by Gasteiger charge is -2.14. The SMILES string of the molecule is CCCCCC(=O)N1CCCN1. The number of carbonyl (C=O) groups excluding carboxylic acids is 1. The lowest BCUT2D eigenvalue weighted by molar-refractivity contribution is -0.132. The first-order valence-electron chi connectivity index (χ1n) is 4.88. The molecule has 1 rings (SSSR count). The van der Waals surface area contributed by atoms with E-state index in [-0.39, 0.29) is 5.91 Å². The van der Waals surface area contributed by atoms with E-state index in [2.05, 4.69) is 12.3 Å². The van der Waals surface area contributed by atoms with Crippen LogP contribution in [0.4, 0.5) is 0 Å². The van der Waals surface area contributed by atoms with Gasteiger partial charge in [0.25, 0.3) is 0 Å². The molecule has 1 saturated heterocycles. The molecule has 0 radical (unpaired) electrons. The molecule has 0 aromatic rings. The number of hydrogen-bond donors (Lipinski definition) is 1. The van der Waals surface area contributed by atoms with E-state index in [1.54, 1.807) is 5.01 Å². The molecule has 0 spiro atoms. The van der Waals surface area contributed by atoms with Crippen LogP contribution in [0.5, 0.6) is 0 Å². The first kappa shape index (κ1) is 9.52. The van der Waals surface area contributed by atoms with Crippen LogP contribution in [-0.2, 0) is 4.79 Å². The molecule has 0 unspecified atom stereocenters. The molecule has 1 heterocycles. The third-order valence-electron chi connectivity index (χ3n) is 2.16. The largest absolute Gasteiger partial charge is 0.278 e. The molecule has 0 atom stereocenters. The third kappa shape index (κ3) is 2.81. The van der Waals surface area contributed by atoms with Gasteiger partial charge < -0.3 is 0 Å². The Morgan fingerprint density at radius 1 is 1.50 bits per heavy atom. The molecule has 1 amide bonds. The van der Waals surface area contributed by atoms with Gasteiger partial charge in [-0.1, -0.05) is 19.8 Å². The van der Waals surface area contributed by atoms with Gasteiger partial charge in [-0.05, 0) is 12.8 Å². The van der Waals surface area contributed by atoms with Crippen molar-refractivity contribution in [2.75, 3.05) is 13.1 Å². The average molecular weight is 170 g/mol. The van der Waals surface area contributed by atoms with E-state index in [0.29, 0.717) is 6.42 Å². The van der Waals surface area contributed by atoms with Crippen LogP contribution in [0, 0.1) is 0 Å². The second-order valence-electron chi connectivity index (χ2n) is 3.26. The zero-order chi connectivity index (χ0) is 8.81. The number of amides is 1. The second-order valence-corrected chi connectivity index (χ2v) is 3.26. The summed E-state index contributed by atoms with van der Waals surface area (Å²) in [6.45, 7) is 4.00. The summed E-state index contributed by atoms with van der Waals surface area (Å²) in [5, 5.41) is 1.76. The van der Waals surface area contributed by atoms with Crippen LogP contribution >= 0.6 is 0 Å². The Labute approximate surface area is 74.1 Å². The van der Waals surface area contributed by atoms with E-state index >= 15 is 0 Å². The normalized spacial score (nSPS) is 16.9. The Morgan fingerprint density at radius 3 is 2.92 bits per heavy atom. The van der Waals surface area contributed by atoms with Gasteiger partial charge in [0, 0.05) is 19.5 Å². The highest BCUT2D eigenvalue weighted by molar-refractivity contribution is 5.75. The summed E-state index contributed by atoms with van der Waals surface area (Å²) in [6, 6.07) is 0. The molecule has 1 N–H and O–H groups in total. The molecule has 12 heavy (non-hydrogen) atoms. The molecule has 3 heteroatoms. The Bertz CT molecular complexity index is 141. The van der Waals surface area contributed by atoms with E-state index < -0.39 is 0 Å². The van der Waals surface area contributed by atoms with Gasteiger partial charge in [-0.3, -0.25) is 9.80 Å². The van der Waals surface area contributed by atoms with E-state index in [9.17, 15) is 4.79 Å². The molecule has 0 bridgehead atoms. The van der Waals surface area contributed by atoms with Crippen LogP contribution in [0.15, 0.2) is 0 Å². The van der Waals surface area contributed by atoms with E-state index in [4.69, 9.17) is 0 Å². The Balaban J connectivity index is 2.10. The van der Waals surface area contributed by atoms with Crippen molar-refractivity contribution in [1.82, 2.24) is 10.4 Å². The minimum absolute atomic E-state index is 0.265. The van der Waals surface area contributed by atoms with Gasteiger partial charge in [-0.15, -0.1) is 0 Å². The molecule has 70 valence electrons. The van der Waals surface area contributed by atoms with Crippen LogP contribution in [0.1, 0.15) is 39.0 Å². The summed E-state index contributed by atoms with van der Waals surface area (Å²) in [4.78, 5) is 11.4. The summed E-state index contributed by atoms with van der Waals surface area (Å²) in [5.41, 5.74) is 3.07. The predicted octanol–water partition coefficient (Wildman–Crippen LogP) is 1.30. The monoisotopic (exact) mass is 170 g/mol. The summed E-state index contributed by atoms with van der Waals surface area (Å²) >= 11 is 0. The fourth-order valence-electron chi connectivity index (χ4n) is 1.40. The van der Waals surface area contributed by atoms with Crippen LogP contribution < -0.4 is 5.43 Å². The van der Waals surface area contributed by atoms with E-state index in [1.165, 1.54) is 12.8 Å². The molecule has 0 aliphatic carbocycles. The third-order valence-corrected chi connectivity index (χ3v) is 2.16. The highest BCUT2D eigenvalue weighted by Gasteiger charge is 2.16. The summed E-state index contributed by atoms with van der Waals surface area (Å²) in [7, 11) is 0. The van der Waals surface area contributed by atoms with Crippen LogP contribution in [0.25, 0.3) is 0 Å². The van der Waals surface area contributed by atoms with Crippen LogP contribution in [-0.4, -0.2) is 24.0 Å². The van der Waals surface area contributed by atoms with Gasteiger partial charge in [-0.2, -0.15) is 0 Å². The number of nitrogens with zero attached hydrogens (tertiary/aromatic N) is 1. The lowest BCUT2D eigenvalue weighted by atomic mass is 10.2. The van der Waals surface area contributed by atoms with Crippen molar-refractivity contribution in [2.24, 2.45) is 0 Å². The van der Waals surface area contributed by atoms with Gasteiger partial charge in [0.1, 0.15) is 0 Å². The first-order valence-corrected chi connectivity index (χ1v) is 4.88. The maximum atomic E-state index is 11.4. The minimum Gasteiger partial charge on any atom is -0.278 e. The Hall–Kier alpha value is -0.570. The minimum atomic E-state index is 0.265. The van der Waals surface area contributed by atoms with Crippen molar-refractivity contribution in [3.8, 4) is 0 Å². The molecule has 0 aromatic heterocycles. The zero-order valence-electron chi connectivity index (χ0n) is 7.81. The average Bonchev–Trinajstić information content (AvgIpc) is 2.56. The van der Waals surface area contributed by atoms with Crippen molar-refractivity contribution in [3.63, 3.8) is 0 Å². The quantitative estimate of drug-likeness (QED) is 0.645. The molecular formula is C9H18N2O. The highest BCUT2D eigenvalue weighted by Crippen LogP contribution is 2.04. The van der Waals surface area contributed by atoms with Gasteiger partial charge in [0.05, 0.1) is 0 Å². The van der Waals surface area contributed by atoms with Gasteiger partial charge in [-0.25, -0.2) is 5.43 Å². The van der Waals surface area contributed by atoms with E-state index in [0.717, 1.165) is 25.9 Å². The number of nitrogens with one attached hydrogen (secondary N) is 1. The number of carbonyl (C=O) groups is 1. The predicted molar refractivity (Wildman–Crippen MR) is 48.5 cm³/mol. The Morgan fingerprint density at radius 2 is 2.33 bits per heavy atom.